The monoisotopic (exact) mass is 282 g/mol. The van der Waals surface area contributed by atoms with Gasteiger partial charge in [-0.25, -0.2) is 4.98 Å². The molecular weight excluding hydrogens is 268 g/mol. The van der Waals surface area contributed by atoms with Gasteiger partial charge in [0.05, 0.1) is 11.5 Å². The molecule has 0 saturated heterocycles. The van der Waals surface area contributed by atoms with Crippen LogP contribution < -0.4 is 4.90 Å². The van der Waals surface area contributed by atoms with Crippen molar-refractivity contribution in [2.24, 2.45) is 0 Å². The molecule has 0 amide bonds. The standard InChI is InChI=1S/C13H15ClN2OS/c1-3-16(10-6-4-9(2)5-7-10)13-15-12(14)11(8-17)18-13/h4-7,17H,3,8H2,1-2H3. The van der Waals surface area contributed by atoms with Gasteiger partial charge in [-0.15, -0.1) is 0 Å². The second kappa shape index (κ2) is 5.69. The Morgan fingerprint density at radius 1 is 1.33 bits per heavy atom. The van der Waals surface area contributed by atoms with Crippen LogP contribution in [0, 0.1) is 6.92 Å². The molecule has 1 aromatic heterocycles. The topological polar surface area (TPSA) is 36.4 Å². The summed E-state index contributed by atoms with van der Waals surface area (Å²) in [5, 5.41) is 10.4. The van der Waals surface area contributed by atoms with E-state index < -0.39 is 0 Å². The molecule has 2 aromatic rings. The number of hydrogen-bond donors (Lipinski definition) is 1. The number of aromatic nitrogens is 1. The fraction of sp³-hybridized carbons (Fsp3) is 0.308. The normalized spacial score (nSPS) is 10.7. The second-order valence-corrected chi connectivity index (χ2v) is 5.37. The lowest BCUT2D eigenvalue weighted by atomic mass is 10.2. The molecule has 0 bridgehead atoms. The lowest BCUT2D eigenvalue weighted by molar-refractivity contribution is 0.285. The Morgan fingerprint density at radius 3 is 2.50 bits per heavy atom. The fourth-order valence-electron chi connectivity index (χ4n) is 1.69. The highest BCUT2D eigenvalue weighted by Crippen LogP contribution is 2.33. The summed E-state index contributed by atoms with van der Waals surface area (Å²) < 4.78 is 0. The minimum atomic E-state index is -0.0675. The lowest BCUT2D eigenvalue weighted by Crippen LogP contribution is -2.15. The molecule has 0 atom stereocenters. The highest BCUT2D eigenvalue weighted by molar-refractivity contribution is 7.16. The third-order valence-corrected chi connectivity index (χ3v) is 4.16. The largest absolute Gasteiger partial charge is 0.391 e. The first kappa shape index (κ1) is 13.3. The van der Waals surface area contributed by atoms with Gasteiger partial charge in [-0.3, -0.25) is 0 Å². The second-order valence-electron chi connectivity index (χ2n) is 3.95. The summed E-state index contributed by atoms with van der Waals surface area (Å²) in [6, 6.07) is 8.26. The van der Waals surface area contributed by atoms with Crippen molar-refractivity contribution < 1.29 is 5.11 Å². The van der Waals surface area contributed by atoms with Gasteiger partial charge in [-0.05, 0) is 26.0 Å². The maximum atomic E-state index is 9.16. The molecule has 3 nitrogen and oxygen atoms in total. The highest BCUT2D eigenvalue weighted by atomic mass is 35.5. The molecule has 1 aromatic carbocycles. The summed E-state index contributed by atoms with van der Waals surface area (Å²) in [5.41, 5.74) is 2.31. The molecule has 0 saturated carbocycles. The molecule has 0 radical (unpaired) electrons. The molecule has 18 heavy (non-hydrogen) atoms. The first-order valence-electron chi connectivity index (χ1n) is 5.76. The minimum Gasteiger partial charge on any atom is -0.391 e. The highest BCUT2D eigenvalue weighted by Gasteiger charge is 2.15. The number of rotatable bonds is 4. The van der Waals surface area contributed by atoms with E-state index in [2.05, 4.69) is 48.0 Å². The van der Waals surface area contributed by atoms with Crippen molar-refractivity contribution >= 4 is 33.8 Å². The van der Waals surface area contributed by atoms with E-state index in [9.17, 15) is 0 Å². The lowest BCUT2D eigenvalue weighted by Gasteiger charge is -2.19. The van der Waals surface area contributed by atoms with Crippen LogP contribution in [0.3, 0.4) is 0 Å². The van der Waals surface area contributed by atoms with Crippen LogP contribution in [0.25, 0.3) is 0 Å². The number of hydrogen-bond acceptors (Lipinski definition) is 4. The Hall–Kier alpha value is -1.10. The smallest absolute Gasteiger partial charge is 0.191 e. The number of anilines is 2. The predicted molar refractivity (Wildman–Crippen MR) is 76.9 cm³/mol. The van der Waals surface area contributed by atoms with Gasteiger partial charge in [0.2, 0.25) is 0 Å². The SMILES string of the molecule is CCN(c1ccc(C)cc1)c1nc(Cl)c(CO)s1. The van der Waals surface area contributed by atoms with Crippen molar-refractivity contribution in [1.29, 1.82) is 0 Å². The third kappa shape index (κ3) is 2.66. The molecule has 0 aliphatic heterocycles. The molecule has 0 unspecified atom stereocenters. The van der Waals surface area contributed by atoms with Crippen molar-refractivity contribution in [3.63, 3.8) is 0 Å². The van der Waals surface area contributed by atoms with Crippen LogP contribution in [-0.2, 0) is 6.61 Å². The van der Waals surface area contributed by atoms with Gasteiger partial charge >= 0.3 is 0 Å². The Labute approximate surface area is 116 Å². The zero-order valence-electron chi connectivity index (χ0n) is 10.4. The molecule has 0 aliphatic carbocycles. The number of aliphatic hydroxyl groups is 1. The summed E-state index contributed by atoms with van der Waals surface area (Å²) >= 11 is 7.40. The van der Waals surface area contributed by atoms with Crippen molar-refractivity contribution in [1.82, 2.24) is 4.98 Å². The number of benzene rings is 1. The summed E-state index contributed by atoms with van der Waals surface area (Å²) in [6.07, 6.45) is 0. The van der Waals surface area contributed by atoms with Gasteiger partial charge < -0.3 is 10.0 Å². The van der Waals surface area contributed by atoms with Gasteiger partial charge in [0.25, 0.3) is 0 Å². The molecule has 96 valence electrons. The minimum absolute atomic E-state index is 0.0675. The Bertz CT molecular complexity index is 524. The van der Waals surface area contributed by atoms with Crippen LogP contribution in [-0.4, -0.2) is 16.6 Å². The number of aryl methyl sites for hydroxylation is 1. The van der Waals surface area contributed by atoms with Crippen molar-refractivity contribution in [3.05, 3.63) is 39.9 Å². The van der Waals surface area contributed by atoms with Gasteiger partial charge in [0.1, 0.15) is 5.15 Å². The average molecular weight is 283 g/mol. The quantitative estimate of drug-likeness (QED) is 0.928. The van der Waals surface area contributed by atoms with Crippen LogP contribution in [0.4, 0.5) is 10.8 Å². The van der Waals surface area contributed by atoms with E-state index in [-0.39, 0.29) is 6.61 Å². The van der Waals surface area contributed by atoms with Crippen LogP contribution >= 0.6 is 22.9 Å². The first-order valence-corrected chi connectivity index (χ1v) is 6.95. The van der Waals surface area contributed by atoms with Gasteiger partial charge in [-0.1, -0.05) is 40.6 Å². The number of aliphatic hydroxyl groups excluding tert-OH is 1. The number of halogens is 1. The van der Waals surface area contributed by atoms with E-state index in [0.29, 0.717) is 10.0 Å². The van der Waals surface area contributed by atoms with Crippen LogP contribution in [0.5, 0.6) is 0 Å². The van der Waals surface area contributed by atoms with E-state index in [1.54, 1.807) is 0 Å². The zero-order chi connectivity index (χ0) is 13.1. The number of thiazole rings is 1. The van der Waals surface area contributed by atoms with Crippen molar-refractivity contribution in [2.75, 3.05) is 11.4 Å². The van der Waals surface area contributed by atoms with Crippen LogP contribution in [0.15, 0.2) is 24.3 Å². The average Bonchev–Trinajstić information content (AvgIpc) is 2.74. The van der Waals surface area contributed by atoms with Gasteiger partial charge in [0, 0.05) is 12.2 Å². The van der Waals surface area contributed by atoms with E-state index in [1.165, 1.54) is 16.9 Å². The maximum absolute atomic E-state index is 9.16. The van der Waals surface area contributed by atoms with Gasteiger partial charge in [-0.2, -0.15) is 0 Å². The molecule has 5 heteroatoms. The molecule has 1 N–H and O–H groups in total. The fourth-order valence-corrected chi connectivity index (χ4v) is 2.89. The Balaban J connectivity index is 2.35. The molecule has 0 spiro atoms. The Morgan fingerprint density at radius 2 is 2.00 bits per heavy atom. The van der Waals surface area contributed by atoms with E-state index >= 15 is 0 Å². The third-order valence-electron chi connectivity index (χ3n) is 2.67. The van der Waals surface area contributed by atoms with Crippen molar-refractivity contribution in [2.45, 2.75) is 20.5 Å². The summed E-state index contributed by atoms with van der Waals surface area (Å²) in [7, 11) is 0. The molecule has 0 aliphatic rings. The predicted octanol–water partition coefficient (Wildman–Crippen LogP) is 3.76. The van der Waals surface area contributed by atoms with E-state index in [1.807, 2.05) is 0 Å². The molecular formula is C13H15ClN2OS. The molecule has 0 fully saturated rings. The summed E-state index contributed by atoms with van der Waals surface area (Å²) in [6.45, 7) is 4.86. The summed E-state index contributed by atoms with van der Waals surface area (Å²) in [5.74, 6) is 0. The van der Waals surface area contributed by atoms with E-state index in [0.717, 1.165) is 17.4 Å². The summed E-state index contributed by atoms with van der Waals surface area (Å²) in [4.78, 5) is 7.09. The zero-order valence-corrected chi connectivity index (χ0v) is 11.9. The Kier molecular flexibility index (Phi) is 4.22. The maximum Gasteiger partial charge on any atom is 0.191 e. The molecule has 1 heterocycles. The first-order chi connectivity index (χ1) is 8.65. The van der Waals surface area contributed by atoms with Crippen LogP contribution in [0.1, 0.15) is 17.4 Å². The van der Waals surface area contributed by atoms with Gasteiger partial charge in [0.15, 0.2) is 5.13 Å². The number of nitrogens with zero attached hydrogens (tertiary/aromatic N) is 2. The molecule has 2 rings (SSSR count). The van der Waals surface area contributed by atoms with Crippen molar-refractivity contribution in [3.8, 4) is 0 Å². The van der Waals surface area contributed by atoms with E-state index in [4.69, 9.17) is 16.7 Å². The van der Waals surface area contributed by atoms with Crippen LogP contribution in [0.2, 0.25) is 5.15 Å².